The molecule has 0 saturated heterocycles. The molecule has 1 amide bonds. The van der Waals surface area contributed by atoms with Gasteiger partial charge in [0.2, 0.25) is 5.95 Å². The Balaban J connectivity index is 1.70. The van der Waals surface area contributed by atoms with E-state index in [9.17, 15) is 9.18 Å². The van der Waals surface area contributed by atoms with Gasteiger partial charge >= 0.3 is 0 Å². The van der Waals surface area contributed by atoms with E-state index in [1.54, 1.807) is 24.3 Å². The van der Waals surface area contributed by atoms with Crippen molar-refractivity contribution in [3.05, 3.63) is 82.9 Å². The lowest BCUT2D eigenvalue weighted by Gasteiger charge is -2.14. The van der Waals surface area contributed by atoms with Crippen LogP contribution < -0.4 is 10.6 Å². The Morgan fingerprint density at radius 2 is 1.79 bits per heavy atom. The van der Waals surface area contributed by atoms with Gasteiger partial charge in [-0.15, -0.1) is 0 Å². The second kappa shape index (κ2) is 9.28. The monoisotopic (exact) mass is 392 g/mol. The fourth-order valence-electron chi connectivity index (χ4n) is 3.08. The van der Waals surface area contributed by atoms with E-state index in [2.05, 4.69) is 40.5 Å². The van der Waals surface area contributed by atoms with Gasteiger partial charge in [0.1, 0.15) is 11.5 Å². The minimum atomic E-state index is -0.313. The molecular formula is C23H25FN4O. The number of aromatic nitrogens is 2. The molecule has 29 heavy (non-hydrogen) atoms. The van der Waals surface area contributed by atoms with Crippen molar-refractivity contribution in [1.82, 2.24) is 15.3 Å². The molecule has 0 unspecified atom stereocenters. The van der Waals surface area contributed by atoms with E-state index in [1.165, 1.54) is 6.07 Å². The van der Waals surface area contributed by atoms with Crippen LogP contribution in [0.3, 0.4) is 0 Å². The number of halogens is 1. The molecule has 0 radical (unpaired) electrons. The van der Waals surface area contributed by atoms with Crippen LogP contribution in [0.2, 0.25) is 0 Å². The van der Waals surface area contributed by atoms with Crippen molar-refractivity contribution in [3.8, 4) is 0 Å². The maximum absolute atomic E-state index is 13.7. The molecular weight excluding hydrogens is 367 g/mol. The fourth-order valence-corrected chi connectivity index (χ4v) is 3.08. The molecule has 0 atom stereocenters. The standard InChI is InChI=1S/C23H25FN4O/c1-15(2)18-9-5-7-11-20(18)27-23-26-16(3)14-21(28-23)22(29)25-13-12-17-8-4-6-10-19(17)24/h4-11,14-15H,12-13H2,1-3H3,(H,25,29)(H,26,27,28). The number of carbonyl (C=O) groups is 1. The van der Waals surface area contributed by atoms with Crippen molar-refractivity contribution < 1.29 is 9.18 Å². The first kappa shape index (κ1) is 20.5. The number of amides is 1. The summed E-state index contributed by atoms with van der Waals surface area (Å²) in [6.45, 7) is 6.37. The lowest BCUT2D eigenvalue weighted by molar-refractivity contribution is 0.0949. The first-order valence-electron chi connectivity index (χ1n) is 9.67. The van der Waals surface area contributed by atoms with Gasteiger partial charge in [0.15, 0.2) is 0 Å². The minimum absolute atomic E-state index is 0.269. The number of anilines is 2. The number of carbonyl (C=O) groups excluding carboxylic acids is 1. The third kappa shape index (κ3) is 5.38. The van der Waals surface area contributed by atoms with E-state index in [0.29, 0.717) is 36.1 Å². The molecule has 3 aromatic rings. The average molecular weight is 392 g/mol. The average Bonchev–Trinajstić information content (AvgIpc) is 2.69. The van der Waals surface area contributed by atoms with Gasteiger partial charge in [0.25, 0.3) is 5.91 Å². The molecule has 5 nitrogen and oxygen atoms in total. The number of para-hydroxylation sites is 1. The largest absolute Gasteiger partial charge is 0.350 e. The molecule has 0 aliphatic heterocycles. The zero-order valence-corrected chi connectivity index (χ0v) is 16.9. The predicted octanol–water partition coefficient (Wildman–Crippen LogP) is 4.76. The van der Waals surface area contributed by atoms with Gasteiger partial charge in [-0.1, -0.05) is 50.2 Å². The van der Waals surface area contributed by atoms with E-state index >= 15 is 0 Å². The van der Waals surface area contributed by atoms with Crippen molar-refractivity contribution in [2.24, 2.45) is 0 Å². The van der Waals surface area contributed by atoms with Crippen molar-refractivity contribution in [2.45, 2.75) is 33.1 Å². The summed E-state index contributed by atoms with van der Waals surface area (Å²) in [5.41, 5.74) is 3.59. The van der Waals surface area contributed by atoms with Gasteiger partial charge in [-0.3, -0.25) is 4.79 Å². The number of rotatable bonds is 7. The van der Waals surface area contributed by atoms with Crippen molar-refractivity contribution >= 4 is 17.5 Å². The molecule has 0 aliphatic rings. The molecule has 1 aromatic heterocycles. The summed E-state index contributed by atoms with van der Waals surface area (Å²) in [6.07, 6.45) is 0.412. The van der Waals surface area contributed by atoms with Gasteiger partial charge in [0.05, 0.1) is 0 Å². The number of hydrogen-bond acceptors (Lipinski definition) is 4. The molecule has 3 rings (SSSR count). The predicted molar refractivity (Wildman–Crippen MR) is 113 cm³/mol. The summed E-state index contributed by atoms with van der Waals surface area (Å²) in [6, 6.07) is 16.1. The van der Waals surface area contributed by atoms with Gasteiger partial charge in [-0.05, 0) is 48.6 Å². The SMILES string of the molecule is Cc1cc(C(=O)NCCc2ccccc2F)nc(Nc2ccccc2C(C)C)n1. The third-order valence-corrected chi connectivity index (χ3v) is 4.55. The molecule has 150 valence electrons. The molecule has 0 bridgehead atoms. The van der Waals surface area contributed by atoms with Crippen molar-refractivity contribution in [3.63, 3.8) is 0 Å². The smallest absolute Gasteiger partial charge is 0.270 e. The van der Waals surface area contributed by atoms with Crippen molar-refractivity contribution in [1.29, 1.82) is 0 Å². The normalized spacial score (nSPS) is 10.8. The third-order valence-electron chi connectivity index (χ3n) is 4.55. The Kier molecular flexibility index (Phi) is 6.54. The number of nitrogens with zero attached hydrogens (tertiary/aromatic N) is 2. The summed E-state index contributed by atoms with van der Waals surface area (Å²) >= 11 is 0. The van der Waals surface area contributed by atoms with Crippen LogP contribution in [0.15, 0.2) is 54.6 Å². The fraction of sp³-hybridized carbons (Fsp3) is 0.261. The molecule has 2 N–H and O–H groups in total. The molecule has 0 saturated carbocycles. The molecule has 0 fully saturated rings. The van der Waals surface area contributed by atoms with Crippen LogP contribution >= 0.6 is 0 Å². The van der Waals surface area contributed by atoms with Gasteiger partial charge in [-0.2, -0.15) is 0 Å². The Morgan fingerprint density at radius 3 is 2.55 bits per heavy atom. The molecule has 1 heterocycles. The Bertz CT molecular complexity index is 1000. The zero-order chi connectivity index (χ0) is 20.8. The molecule has 2 aromatic carbocycles. The van der Waals surface area contributed by atoms with Crippen LogP contribution in [0.1, 0.15) is 47.1 Å². The molecule has 0 aliphatic carbocycles. The second-order valence-electron chi connectivity index (χ2n) is 7.18. The first-order valence-corrected chi connectivity index (χ1v) is 9.67. The zero-order valence-electron chi connectivity index (χ0n) is 16.9. The van der Waals surface area contributed by atoms with Crippen LogP contribution in [0.4, 0.5) is 16.0 Å². The van der Waals surface area contributed by atoms with Gasteiger partial charge in [-0.25, -0.2) is 14.4 Å². The van der Waals surface area contributed by atoms with Crippen LogP contribution in [0, 0.1) is 12.7 Å². The van der Waals surface area contributed by atoms with E-state index < -0.39 is 0 Å². The highest BCUT2D eigenvalue weighted by molar-refractivity contribution is 5.92. The number of benzene rings is 2. The maximum atomic E-state index is 13.7. The maximum Gasteiger partial charge on any atom is 0.270 e. The quantitative estimate of drug-likeness (QED) is 0.608. The Morgan fingerprint density at radius 1 is 1.07 bits per heavy atom. The van der Waals surface area contributed by atoms with Crippen LogP contribution in [-0.4, -0.2) is 22.4 Å². The summed E-state index contributed by atoms with van der Waals surface area (Å²) < 4.78 is 13.7. The van der Waals surface area contributed by atoms with Gasteiger partial charge in [0, 0.05) is 17.9 Å². The molecule has 6 heteroatoms. The highest BCUT2D eigenvalue weighted by Crippen LogP contribution is 2.25. The number of hydrogen-bond donors (Lipinski definition) is 2. The topological polar surface area (TPSA) is 66.9 Å². The summed E-state index contributed by atoms with van der Waals surface area (Å²) in [4.78, 5) is 21.3. The van der Waals surface area contributed by atoms with E-state index in [4.69, 9.17) is 0 Å². The van der Waals surface area contributed by atoms with Crippen LogP contribution in [-0.2, 0) is 6.42 Å². The first-order chi connectivity index (χ1) is 13.9. The highest BCUT2D eigenvalue weighted by atomic mass is 19.1. The summed E-state index contributed by atoms with van der Waals surface area (Å²) in [5, 5.41) is 6.03. The number of nitrogens with one attached hydrogen (secondary N) is 2. The van der Waals surface area contributed by atoms with Gasteiger partial charge < -0.3 is 10.6 Å². The Hall–Kier alpha value is -3.28. The van der Waals surface area contributed by atoms with E-state index in [0.717, 1.165) is 11.3 Å². The lowest BCUT2D eigenvalue weighted by Crippen LogP contribution is -2.27. The van der Waals surface area contributed by atoms with Crippen molar-refractivity contribution in [2.75, 3.05) is 11.9 Å². The van der Waals surface area contributed by atoms with Crippen LogP contribution in [0.5, 0.6) is 0 Å². The van der Waals surface area contributed by atoms with Crippen LogP contribution in [0.25, 0.3) is 0 Å². The minimum Gasteiger partial charge on any atom is -0.350 e. The lowest BCUT2D eigenvalue weighted by atomic mass is 10.0. The highest BCUT2D eigenvalue weighted by Gasteiger charge is 2.13. The summed E-state index contributed by atoms with van der Waals surface area (Å²) in [7, 11) is 0. The van der Waals surface area contributed by atoms with E-state index in [1.807, 2.05) is 25.1 Å². The Labute approximate surface area is 170 Å². The number of aryl methyl sites for hydroxylation is 1. The molecule has 0 spiro atoms. The van der Waals surface area contributed by atoms with E-state index in [-0.39, 0.29) is 17.4 Å². The second-order valence-corrected chi connectivity index (χ2v) is 7.18. The summed E-state index contributed by atoms with van der Waals surface area (Å²) in [5.74, 6) is 0.129.